The summed E-state index contributed by atoms with van der Waals surface area (Å²) in [5.41, 5.74) is 0.380. The first-order valence-electron chi connectivity index (χ1n) is 7.44. The Morgan fingerprint density at radius 3 is 2.85 bits per heavy atom. The van der Waals surface area contributed by atoms with E-state index >= 15 is 0 Å². The molecule has 0 saturated heterocycles. The van der Waals surface area contributed by atoms with Gasteiger partial charge in [0.1, 0.15) is 18.9 Å². The third kappa shape index (κ3) is 3.95. The highest BCUT2D eigenvalue weighted by Crippen LogP contribution is 2.30. The highest BCUT2D eigenvalue weighted by Gasteiger charge is 2.23. The number of rotatable bonds is 7. The van der Waals surface area contributed by atoms with Crippen LogP contribution in [0.1, 0.15) is 0 Å². The van der Waals surface area contributed by atoms with Gasteiger partial charge >= 0.3 is 0 Å². The summed E-state index contributed by atoms with van der Waals surface area (Å²) in [6, 6.07) is 4.12. The lowest BCUT2D eigenvalue weighted by molar-refractivity contribution is 0.255. The van der Waals surface area contributed by atoms with Crippen LogP contribution in [0.4, 0.5) is 14.6 Å². The summed E-state index contributed by atoms with van der Waals surface area (Å²) in [7, 11) is -2.97. The van der Waals surface area contributed by atoms with Gasteiger partial charge in [0, 0.05) is 16.7 Å². The average molecular weight is 463 g/mol. The largest absolute Gasteiger partial charge is 0.485 e. The lowest BCUT2D eigenvalue weighted by atomic mass is 10.4. The van der Waals surface area contributed by atoms with Gasteiger partial charge in [0.05, 0.1) is 13.3 Å². The number of methoxy groups -OCH3 is 1. The molecule has 1 N–H and O–H groups in total. The smallest absolute Gasteiger partial charge is 0.280 e. The number of alkyl halides is 1. The number of sulfonamides is 1. The van der Waals surface area contributed by atoms with Gasteiger partial charge in [-0.2, -0.15) is 13.4 Å². The number of aromatic nitrogens is 3. The fourth-order valence-electron chi connectivity index (χ4n) is 2.24. The topological polar surface area (TPSA) is 94.8 Å². The Morgan fingerprint density at radius 2 is 2.15 bits per heavy atom. The molecule has 3 rings (SSSR count). The number of nitrogens with one attached hydrogen (secondary N) is 1. The van der Waals surface area contributed by atoms with Crippen molar-refractivity contribution in [2.24, 2.45) is 0 Å². The Bertz CT molecular complexity index is 1090. The third-order valence-electron chi connectivity index (χ3n) is 3.38. The first-order chi connectivity index (χ1) is 12.9. The molecule has 0 aromatic carbocycles. The summed E-state index contributed by atoms with van der Waals surface area (Å²) in [6.07, 6.45) is 2.64. The van der Waals surface area contributed by atoms with Gasteiger partial charge in [-0.1, -0.05) is 15.9 Å². The Morgan fingerprint density at radius 1 is 1.37 bits per heavy atom. The van der Waals surface area contributed by atoms with Gasteiger partial charge in [-0.05, 0) is 12.1 Å². The zero-order valence-corrected chi connectivity index (χ0v) is 16.2. The van der Waals surface area contributed by atoms with E-state index in [1.807, 2.05) is 0 Å². The van der Waals surface area contributed by atoms with E-state index in [-0.39, 0.29) is 23.3 Å². The maximum atomic E-state index is 14.3. The minimum absolute atomic E-state index is 0.143. The van der Waals surface area contributed by atoms with Gasteiger partial charge in [0.15, 0.2) is 22.4 Å². The van der Waals surface area contributed by atoms with Crippen LogP contribution in [0, 0.1) is 5.82 Å². The summed E-state index contributed by atoms with van der Waals surface area (Å²) < 4.78 is 65.9. The second kappa shape index (κ2) is 7.64. The molecule has 0 bridgehead atoms. The van der Waals surface area contributed by atoms with Crippen LogP contribution in [0.3, 0.4) is 0 Å². The van der Waals surface area contributed by atoms with Crippen LogP contribution >= 0.6 is 15.9 Å². The molecular weight excluding hydrogens is 450 g/mol. The van der Waals surface area contributed by atoms with Gasteiger partial charge in [-0.3, -0.25) is 9.12 Å². The minimum Gasteiger partial charge on any atom is -0.485 e. The first-order valence-corrected chi connectivity index (χ1v) is 9.72. The number of halogens is 3. The van der Waals surface area contributed by atoms with Crippen LogP contribution in [0.25, 0.3) is 5.65 Å². The summed E-state index contributed by atoms with van der Waals surface area (Å²) >= 11 is 3.27. The number of fused-ring (bicyclic) bond motifs is 1. The summed E-state index contributed by atoms with van der Waals surface area (Å²) in [5, 5.41) is -0.206. The summed E-state index contributed by atoms with van der Waals surface area (Å²) in [4.78, 5) is 7.77. The quantitative estimate of drug-likeness (QED) is 0.579. The lowest BCUT2D eigenvalue weighted by Gasteiger charge is -2.12. The van der Waals surface area contributed by atoms with Crippen LogP contribution in [0.15, 0.2) is 40.1 Å². The summed E-state index contributed by atoms with van der Waals surface area (Å²) in [5.74, 6) is -1.93. The molecule has 3 heterocycles. The fraction of sp³-hybridized carbons (Fsp3) is 0.200. The van der Waals surface area contributed by atoms with Crippen molar-refractivity contribution in [3.63, 3.8) is 0 Å². The molecule has 3 aromatic rings. The molecule has 27 heavy (non-hydrogen) atoms. The Balaban J connectivity index is 1.97. The molecule has 0 aliphatic rings. The number of hydrogen-bond donors (Lipinski definition) is 1. The van der Waals surface area contributed by atoms with E-state index in [0.29, 0.717) is 5.65 Å². The van der Waals surface area contributed by atoms with Crippen LogP contribution in [-0.2, 0) is 10.0 Å². The highest BCUT2D eigenvalue weighted by atomic mass is 79.9. The second-order valence-corrected chi connectivity index (χ2v) is 7.68. The molecule has 144 valence electrons. The standard InChI is InChI=1S/C15H13BrF2N4O4S/c1-25-15-11(26-5-3-17)7-10(18)14(20-15)21-27(23,24)13-8-19-12-6-9(16)2-4-22(12)13/h2,4,6-8H,3,5H2,1H3,(H,20,21). The minimum atomic E-state index is -4.21. The second-order valence-electron chi connectivity index (χ2n) is 5.14. The van der Waals surface area contributed by atoms with E-state index in [2.05, 4.69) is 30.6 Å². The molecule has 0 fully saturated rings. The number of ether oxygens (including phenoxy) is 2. The normalized spacial score (nSPS) is 11.6. The number of pyridine rings is 2. The monoisotopic (exact) mass is 462 g/mol. The van der Waals surface area contributed by atoms with Gasteiger partial charge in [0.2, 0.25) is 0 Å². The molecular formula is C15H13BrF2N4O4S. The van der Waals surface area contributed by atoms with Crippen molar-refractivity contribution in [3.05, 3.63) is 40.9 Å². The third-order valence-corrected chi connectivity index (χ3v) is 5.19. The van der Waals surface area contributed by atoms with Crippen molar-refractivity contribution in [2.75, 3.05) is 25.1 Å². The van der Waals surface area contributed by atoms with E-state index in [4.69, 9.17) is 9.47 Å². The van der Waals surface area contributed by atoms with Gasteiger partial charge in [-0.25, -0.2) is 13.8 Å². The van der Waals surface area contributed by atoms with Crippen LogP contribution in [-0.4, -0.2) is 43.2 Å². The molecule has 0 radical (unpaired) electrons. The summed E-state index contributed by atoms with van der Waals surface area (Å²) in [6.45, 7) is -1.11. The predicted octanol–water partition coefficient (Wildman–Crippen LogP) is 2.79. The molecule has 0 unspecified atom stereocenters. The SMILES string of the molecule is COc1nc(NS(=O)(=O)c2cnc3cc(Br)ccn23)c(F)cc1OCCF. The Kier molecular flexibility index (Phi) is 5.46. The molecule has 0 aliphatic carbocycles. The number of nitrogens with zero attached hydrogens (tertiary/aromatic N) is 3. The van der Waals surface area contributed by atoms with Gasteiger partial charge < -0.3 is 9.47 Å². The first kappa shape index (κ1) is 19.3. The van der Waals surface area contributed by atoms with Gasteiger partial charge in [-0.15, -0.1) is 0 Å². The zero-order chi connectivity index (χ0) is 19.6. The van der Waals surface area contributed by atoms with E-state index in [0.717, 1.165) is 16.7 Å². The molecule has 0 saturated carbocycles. The number of imidazole rings is 1. The molecule has 12 heteroatoms. The van der Waals surface area contributed by atoms with Crippen molar-refractivity contribution in [1.82, 2.24) is 14.4 Å². The van der Waals surface area contributed by atoms with E-state index in [1.165, 1.54) is 17.7 Å². The number of hydrogen-bond acceptors (Lipinski definition) is 6. The van der Waals surface area contributed by atoms with E-state index < -0.39 is 28.3 Å². The van der Waals surface area contributed by atoms with E-state index in [1.54, 1.807) is 12.1 Å². The van der Waals surface area contributed by atoms with Crippen LogP contribution < -0.4 is 14.2 Å². The van der Waals surface area contributed by atoms with Crippen molar-refractivity contribution in [3.8, 4) is 11.6 Å². The fourth-order valence-corrected chi connectivity index (χ4v) is 3.67. The molecule has 0 spiro atoms. The Hall–Kier alpha value is -2.47. The van der Waals surface area contributed by atoms with Crippen LogP contribution in [0.5, 0.6) is 11.6 Å². The molecule has 8 nitrogen and oxygen atoms in total. The maximum Gasteiger partial charge on any atom is 0.280 e. The molecule has 0 atom stereocenters. The zero-order valence-electron chi connectivity index (χ0n) is 13.8. The molecule has 3 aromatic heterocycles. The average Bonchev–Trinajstić information content (AvgIpc) is 3.05. The maximum absolute atomic E-state index is 14.3. The molecule has 0 amide bonds. The van der Waals surface area contributed by atoms with E-state index in [9.17, 15) is 17.2 Å². The van der Waals surface area contributed by atoms with Gasteiger partial charge in [0.25, 0.3) is 15.9 Å². The van der Waals surface area contributed by atoms with Crippen molar-refractivity contribution >= 4 is 37.4 Å². The van der Waals surface area contributed by atoms with Crippen molar-refractivity contribution < 1.29 is 26.7 Å². The predicted molar refractivity (Wildman–Crippen MR) is 95.9 cm³/mol. The molecule has 0 aliphatic heterocycles. The van der Waals surface area contributed by atoms with Crippen molar-refractivity contribution in [2.45, 2.75) is 5.03 Å². The lowest BCUT2D eigenvalue weighted by Crippen LogP contribution is -2.17. The van der Waals surface area contributed by atoms with Crippen LogP contribution in [0.2, 0.25) is 0 Å². The highest BCUT2D eigenvalue weighted by molar-refractivity contribution is 9.10. The van der Waals surface area contributed by atoms with Crippen molar-refractivity contribution in [1.29, 1.82) is 0 Å². The Labute approximate surface area is 161 Å². The number of anilines is 1.